The van der Waals surface area contributed by atoms with E-state index in [9.17, 15) is 13.5 Å². The summed E-state index contributed by atoms with van der Waals surface area (Å²) in [5.41, 5.74) is 5.37. The van der Waals surface area contributed by atoms with Crippen molar-refractivity contribution >= 4 is 9.84 Å². The number of hydrogen-bond donors (Lipinski definition) is 1. The second-order valence-electron chi connectivity index (χ2n) is 10.4. The van der Waals surface area contributed by atoms with Gasteiger partial charge in [0, 0.05) is 0 Å². The highest BCUT2D eigenvalue weighted by molar-refractivity contribution is 7.91. The molecule has 0 heterocycles. The van der Waals surface area contributed by atoms with Crippen LogP contribution in [0, 0.1) is 11.8 Å². The lowest BCUT2D eigenvalue weighted by molar-refractivity contribution is 0.158. The summed E-state index contributed by atoms with van der Waals surface area (Å²) in [6.45, 7) is 8.66. The first-order valence-corrected chi connectivity index (χ1v) is 15.2. The molecule has 2 fully saturated rings. The first-order chi connectivity index (χ1) is 16.8. The summed E-state index contributed by atoms with van der Waals surface area (Å²) in [6, 6.07) is 8.79. The summed E-state index contributed by atoms with van der Waals surface area (Å²) in [5, 5.41) is 10.0. The molecule has 2 aliphatic carbocycles. The second kappa shape index (κ2) is 13.4. The van der Waals surface area contributed by atoms with Gasteiger partial charge in [-0.3, -0.25) is 0 Å². The standard InChI is InChI=1S/C31H44O3S/c1-4-26(24(2)11-10-22-35(33,34)31-14-6-5-7-15-31)17-18-27-12-8-9-13-28(27)19-20-29-23-30(32)21-16-25(29)3/h5-7,14-15,17,19-20,24,27,30,32H,3-4,8-13,16,18,21-23H2,1-2H3/b26-17+,28-19+,29-20-/t24-,27+,30+/m1/s1. The zero-order valence-corrected chi connectivity index (χ0v) is 22.5. The first kappa shape index (κ1) is 27.7. The van der Waals surface area contributed by atoms with Gasteiger partial charge in [0.15, 0.2) is 9.84 Å². The van der Waals surface area contributed by atoms with Crippen LogP contribution < -0.4 is 0 Å². The smallest absolute Gasteiger partial charge is 0.178 e. The molecule has 1 aromatic carbocycles. The predicted octanol–water partition coefficient (Wildman–Crippen LogP) is 7.75. The number of rotatable bonds is 10. The molecule has 3 nitrogen and oxygen atoms in total. The van der Waals surface area contributed by atoms with Crippen LogP contribution in [0.2, 0.25) is 0 Å². The van der Waals surface area contributed by atoms with Crippen molar-refractivity contribution < 1.29 is 13.5 Å². The third kappa shape index (κ3) is 8.32. The molecule has 2 aliphatic rings. The fraction of sp³-hybridized carbons (Fsp3) is 0.548. The average Bonchev–Trinajstić information content (AvgIpc) is 2.86. The minimum atomic E-state index is -3.20. The van der Waals surface area contributed by atoms with Crippen molar-refractivity contribution in [2.24, 2.45) is 11.8 Å². The largest absolute Gasteiger partial charge is 0.393 e. The van der Waals surface area contributed by atoms with Crippen LogP contribution in [0.15, 0.2) is 82.3 Å². The maximum absolute atomic E-state index is 12.6. The van der Waals surface area contributed by atoms with Gasteiger partial charge in [-0.05, 0) is 93.7 Å². The summed E-state index contributed by atoms with van der Waals surface area (Å²) in [6.07, 6.45) is 17.8. The molecule has 0 saturated heterocycles. The van der Waals surface area contributed by atoms with Gasteiger partial charge in [0.1, 0.15) is 0 Å². The highest BCUT2D eigenvalue weighted by Crippen LogP contribution is 2.35. The molecule has 1 aromatic rings. The zero-order chi connectivity index (χ0) is 25.3. The van der Waals surface area contributed by atoms with Crippen LogP contribution in [0.25, 0.3) is 0 Å². The lowest BCUT2D eigenvalue weighted by atomic mass is 9.80. The number of benzene rings is 1. The van der Waals surface area contributed by atoms with Gasteiger partial charge in [-0.15, -0.1) is 0 Å². The summed E-state index contributed by atoms with van der Waals surface area (Å²) in [5.74, 6) is 1.19. The molecule has 0 amide bonds. The van der Waals surface area contributed by atoms with Crippen molar-refractivity contribution in [2.45, 2.75) is 95.5 Å². The van der Waals surface area contributed by atoms with E-state index >= 15 is 0 Å². The van der Waals surface area contributed by atoms with Crippen molar-refractivity contribution in [3.8, 4) is 0 Å². The Labute approximate surface area is 213 Å². The normalized spacial score (nSPS) is 25.2. The molecule has 0 aromatic heterocycles. The Balaban J connectivity index is 1.58. The van der Waals surface area contributed by atoms with Crippen molar-refractivity contribution in [1.29, 1.82) is 0 Å². The monoisotopic (exact) mass is 496 g/mol. The first-order valence-electron chi connectivity index (χ1n) is 13.5. The quantitative estimate of drug-likeness (QED) is 0.337. The summed E-state index contributed by atoms with van der Waals surface area (Å²) < 4.78 is 25.2. The fourth-order valence-corrected chi connectivity index (χ4v) is 6.85. The minimum absolute atomic E-state index is 0.211. The Morgan fingerprint density at radius 3 is 2.66 bits per heavy atom. The van der Waals surface area contributed by atoms with Gasteiger partial charge in [-0.25, -0.2) is 8.42 Å². The van der Waals surface area contributed by atoms with Gasteiger partial charge in [-0.1, -0.05) is 80.0 Å². The lowest BCUT2D eigenvalue weighted by Crippen LogP contribution is -2.14. The maximum Gasteiger partial charge on any atom is 0.178 e. The number of hydrogen-bond acceptors (Lipinski definition) is 3. The molecule has 4 heteroatoms. The SMILES string of the molecule is C=C1CC[C@H](O)C/C1=C/C=C1\CCCC[C@H]1C/C=C(\CC)[C@H](C)CCCS(=O)(=O)c1ccccc1. The van der Waals surface area contributed by atoms with Crippen LogP contribution in [0.3, 0.4) is 0 Å². The van der Waals surface area contributed by atoms with Crippen LogP contribution >= 0.6 is 0 Å². The van der Waals surface area contributed by atoms with Gasteiger partial charge >= 0.3 is 0 Å². The molecular formula is C31H44O3S. The van der Waals surface area contributed by atoms with Crippen LogP contribution in [0.4, 0.5) is 0 Å². The molecule has 1 N–H and O–H groups in total. The Morgan fingerprint density at radius 2 is 1.91 bits per heavy atom. The molecule has 0 unspecified atom stereocenters. The summed E-state index contributed by atoms with van der Waals surface area (Å²) >= 11 is 0. The van der Waals surface area contributed by atoms with E-state index in [1.807, 2.05) is 6.07 Å². The van der Waals surface area contributed by atoms with E-state index in [1.54, 1.807) is 24.3 Å². The average molecular weight is 497 g/mol. The molecule has 0 radical (unpaired) electrons. The predicted molar refractivity (Wildman–Crippen MR) is 147 cm³/mol. The molecular weight excluding hydrogens is 452 g/mol. The van der Waals surface area contributed by atoms with E-state index < -0.39 is 9.84 Å². The lowest BCUT2D eigenvalue weighted by Gasteiger charge is -2.26. The van der Waals surface area contributed by atoms with Gasteiger partial charge in [0.05, 0.1) is 16.8 Å². The zero-order valence-electron chi connectivity index (χ0n) is 21.7. The van der Waals surface area contributed by atoms with Gasteiger partial charge in [-0.2, -0.15) is 0 Å². The van der Waals surface area contributed by atoms with E-state index in [0.29, 0.717) is 23.2 Å². The Hall–Kier alpha value is -1.91. The van der Waals surface area contributed by atoms with Crippen molar-refractivity contribution in [1.82, 2.24) is 0 Å². The maximum atomic E-state index is 12.6. The van der Waals surface area contributed by atoms with Crippen molar-refractivity contribution in [2.75, 3.05) is 5.75 Å². The molecule has 35 heavy (non-hydrogen) atoms. The molecule has 192 valence electrons. The van der Waals surface area contributed by atoms with E-state index in [2.05, 4.69) is 38.7 Å². The number of aliphatic hydroxyl groups excluding tert-OH is 1. The van der Waals surface area contributed by atoms with Gasteiger partial charge < -0.3 is 5.11 Å². The Morgan fingerprint density at radius 1 is 1.14 bits per heavy atom. The van der Waals surface area contributed by atoms with Crippen LogP contribution in [-0.4, -0.2) is 25.4 Å². The number of allylic oxidation sites excluding steroid dienone is 6. The Kier molecular flexibility index (Phi) is 10.6. The molecule has 3 atom stereocenters. The van der Waals surface area contributed by atoms with Crippen molar-refractivity contribution in [3.05, 3.63) is 77.4 Å². The minimum Gasteiger partial charge on any atom is -0.393 e. The third-order valence-corrected chi connectivity index (χ3v) is 9.65. The number of sulfone groups is 1. The highest BCUT2D eigenvalue weighted by Gasteiger charge is 2.20. The van der Waals surface area contributed by atoms with Gasteiger partial charge in [0.25, 0.3) is 0 Å². The van der Waals surface area contributed by atoms with Gasteiger partial charge in [0.2, 0.25) is 0 Å². The van der Waals surface area contributed by atoms with E-state index in [4.69, 9.17) is 0 Å². The van der Waals surface area contributed by atoms with E-state index in [-0.39, 0.29) is 11.9 Å². The molecule has 0 aliphatic heterocycles. The van der Waals surface area contributed by atoms with Crippen LogP contribution in [0.1, 0.15) is 84.5 Å². The molecule has 2 saturated carbocycles. The number of aliphatic hydroxyl groups is 1. The fourth-order valence-electron chi connectivity index (χ4n) is 5.49. The van der Waals surface area contributed by atoms with E-state index in [0.717, 1.165) is 44.9 Å². The third-order valence-electron chi connectivity index (χ3n) is 7.84. The molecule has 0 spiro atoms. The second-order valence-corrected chi connectivity index (χ2v) is 12.5. The summed E-state index contributed by atoms with van der Waals surface area (Å²) in [7, 11) is -3.20. The van der Waals surface area contributed by atoms with Crippen molar-refractivity contribution in [3.63, 3.8) is 0 Å². The highest BCUT2D eigenvalue weighted by atomic mass is 32.2. The topological polar surface area (TPSA) is 54.4 Å². The Bertz CT molecular complexity index is 1030. The van der Waals surface area contributed by atoms with Crippen LogP contribution in [-0.2, 0) is 9.84 Å². The molecule has 0 bridgehead atoms. The van der Waals surface area contributed by atoms with E-state index in [1.165, 1.54) is 41.6 Å². The summed E-state index contributed by atoms with van der Waals surface area (Å²) in [4.78, 5) is 0.428. The van der Waals surface area contributed by atoms with Crippen LogP contribution in [0.5, 0.6) is 0 Å². The molecule has 3 rings (SSSR count).